The van der Waals surface area contributed by atoms with Crippen molar-refractivity contribution < 1.29 is 14.6 Å². The van der Waals surface area contributed by atoms with Gasteiger partial charge in [0.25, 0.3) is 0 Å². The van der Waals surface area contributed by atoms with Crippen molar-refractivity contribution in [1.82, 2.24) is 4.98 Å². The van der Waals surface area contributed by atoms with E-state index in [1.165, 1.54) is 6.20 Å². The molecule has 1 aromatic rings. The number of nitrogens with zero attached hydrogens (tertiary/aromatic N) is 1. The topological polar surface area (TPSA) is 59.4 Å². The van der Waals surface area contributed by atoms with E-state index >= 15 is 0 Å². The van der Waals surface area contributed by atoms with E-state index in [2.05, 4.69) is 11.9 Å². The van der Waals surface area contributed by atoms with Gasteiger partial charge >= 0.3 is 5.97 Å². The maximum Gasteiger partial charge on any atom is 0.337 e. The molecule has 0 fully saturated rings. The summed E-state index contributed by atoms with van der Waals surface area (Å²) in [5, 5.41) is 9.51. The molecule has 16 heavy (non-hydrogen) atoms. The van der Waals surface area contributed by atoms with Crippen LogP contribution in [0.2, 0.25) is 0 Å². The molecule has 1 heterocycles. The van der Waals surface area contributed by atoms with Crippen molar-refractivity contribution in [2.75, 3.05) is 19.0 Å². The summed E-state index contributed by atoms with van der Waals surface area (Å²) < 4.78 is 5.32. The van der Waals surface area contributed by atoms with Gasteiger partial charge in [0.15, 0.2) is 0 Å². The Labute approximate surface area is 99.0 Å². The molecule has 1 rings (SSSR count). The number of rotatable bonds is 7. The Bertz CT molecular complexity index is 327. The van der Waals surface area contributed by atoms with E-state index in [-0.39, 0.29) is 5.56 Å². The first-order valence-corrected chi connectivity index (χ1v) is 6.12. The van der Waals surface area contributed by atoms with E-state index < -0.39 is 5.97 Å². The van der Waals surface area contributed by atoms with Gasteiger partial charge in [-0.2, -0.15) is 0 Å². The van der Waals surface area contributed by atoms with Crippen molar-refractivity contribution in [1.29, 1.82) is 0 Å². The van der Waals surface area contributed by atoms with Gasteiger partial charge in [-0.05, 0) is 18.6 Å². The fraction of sp³-hybridized carbons (Fsp3) is 0.455. The van der Waals surface area contributed by atoms with Crippen LogP contribution < -0.4 is 0 Å². The molecule has 0 bridgehead atoms. The first kappa shape index (κ1) is 13.0. The van der Waals surface area contributed by atoms with E-state index in [9.17, 15) is 4.79 Å². The van der Waals surface area contributed by atoms with E-state index in [1.54, 1.807) is 23.9 Å². The Hall–Kier alpha value is -1.07. The van der Waals surface area contributed by atoms with Crippen LogP contribution in [-0.2, 0) is 4.74 Å². The molecule has 0 unspecified atom stereocenters. The molecule has 0 saturated carbocycles. The van der Waals surface area contributed by atoms with Crippen LogP contribution in [-0.4, -0.2) is 35.0 Å². The number of carboxylic acid groups (broad SMARTS) is 1. The fourth-order valence-corrected chi connectivity index (χ4v) is 1.75. The summed E-state index contributed by atoms with van der Waals surface area (Å²) in [6, 6.07) is 3.28. The molecule has 0 radical (unpaired) electrons. The molecule has 5 heteroatoms. The minimum Gasteiger partial charge on any atom is -0.478 e. The Morgan fingerprint density at radius 3 is 2.88 bits per heavy atom. The number of carbonyl (C=O) groups is 1. The van der Waals surface area contributed by atoms with Gasteiger partial charge in [-0.3, -0.25) is 0 Å². The molecule has 88 valence electrons. The van der Waals surface area contributed by atoms with Gasteiger partial charge in [0.05, 0.1) is 17.2 Å². The normalized spacial score (nSPS) is 10.3. The number of thioether (sulfide) groups is 1. The fourth-order valence-electron chi connectivity index (χ4n) is 1.04. The second-order valence-electron chi connectivity index (χ2n) is 3.15. The highest BCUT2D eigenvalue weighted by Gasteiger charge is 2.02. The van der Waals surface area contributed by atoms with Gasteiger partial charge in [0.2, 0.25) is 0 Å². The minimum absolute atomic E-state index is 0.214. The summed E-state index contributed by atoms with van der Waals surface area (Å²) in [7, 11) is 0. The van der Waals surface area contributed by atoms with E-state index in [0.717, 1.165) is 23.8 Å². The van der Waals surface area contributed by atoms with Gasteiger partial charge in [-0.15, -0.1) is 11.8 Å². The van der Waals surface area contributed by atoms with Gasteiger partial charge < -0.3 is 9.84 Å². The van der Waals surface area contributed by atoms with Crippen LogP contribution in [0, 0.1) is 0 Å². The largest absolute Gasteiger partial charge is 0.478 e. The lowest BCUT2D eigenvalue weighted by atomic mass is 10.3. The van der Waals surface area contributed by atoms with Crippen molar-refractivity contribution >= 4 is 17.7 Å². The second kappa shape index (κ2) is 7.24. The molecule has 0 spiro atoms. The molecule has 0 aliphatic rings. The third kappa shape index (κ3) is 4.63. The van der Waals surface area contributed by atoms with Crippen LogP contribution in [0.25, 0.3) is 0 Å². The maximum absolute atomic E-state index is 10.6. The highest BCUT2D eigenvalue weighted by molar-refractivity contribution is 7.99. The molecule has 0 aliphatic heterocycles. The molecular formula is C11H15NO3S. The van der Waals surface area contributed by atoms with Gasteiger partial charge in [-0.25, -0.2) is 9.78 Å². The number of pyridine rings is 1. The van der Waals surface area contributed by atoms with Crippen molar-refractivity contribution in [2.45, 2.75) is 18.4 Å². The summed E-state index contributed by atoms with van der Waals surface area (Å²) in [6.07, 6.45) is 2.40. The predicted octanol–water partition coefficient (Wildman–Crippen LogP) is 2.30. The summed E-state index contributed by atoms with van der Waals surface area (Å²) in [5.74, 6) is -0.116. The van der Waals surface area contributed by atoms with Crippen LogP contribution in [0.3, 0.4) is 0 Å². The molecule has 0 saturated heterocycles. The SMILES string of the molecule is CCCOCCSc1ccc(C(=O)O)cn1. The highest BCUT2D eigenvalue weighted by atomic mass is 32.2. The summed E-state index contributed by atoms with van der Waals surface area (Å²) in [4.78, 5) is 14.6. The lowest BCUT2D eigenvalue weighted by Gasteiger charge is -2.02. The summed E-state index contributed by atoms with van der Waals surface area (Å²) in [6.45, 7) is 3.55. The number of ether oxygens (including phenoxy) is 1. The van der Waals surface area contributed by atoms with Gasteiger partial charge in [0.1, 0.15) is 0 Å². The van der Waals surface area contributed by atoms with Crippen molar-refractivity contribution in [2.24, 2.45) is 0 Å². The Kier molecular flexibility index (Phi) is 5.88. The number of aromatic nitrogens is 1. The minimum atomic E-state index is -0.949. The monoisotopic (exact) mass is 241 g/mol. The summed E-state index contributed by atoms with van der Waals surface area (Å²) >= 11 is 1.56. The molecule has 4 nitrogen and oxygen atoms in total. The van der Waals surface area contributed by atoms with Crippen LogP contribution in [0.1, 0.15) is 23.7 Å². The van der Waals surface area contributed by atoms with Crippen LogP contribution in [0.5, 0.6) is 0 Å². The standard InChI is InChI=1S/C11H15NO3S/c1-2-5-15-6-7-16-10-4-3-9(8-12-10)11(13)14/h3-4,8H,2,5-7H2,1H3,(H,13,14). The second-order valence-corrected chi connectivity index (χ2v) is 4.27. The maximum atomic E-state index is 10.6. The van der Waals surface area contributed by atoms with E-state index in [0.29, 0.717) is 6.61 Å². The van der Waals surface area contributed by atoms with Crippen LogP contribution in [0.15, 0.2) is 23.4 Å². The zero-order chi connectivity index (χ0) is 11.8. The number of aromatic carboxylic acids is 1. The molecular weight excluding hydrogens is 226 g/mol. The number of hydrogen-bond acceptors (Lipinski definition) is 4. The van der Waals surface area contributed by atoms with Crippen molar-refractivity contribution in [3.05, 3.63) is 23.9 Å². The van der Waals surface area contributed by atoms with Gasteiger partial charge in [-0.1, -0.05) is 6.92 Å². The van der Waals surface area contributed by atoms with E-state index in [1.807, 2.05) is 0 Å². The van der Waals surface area contributed by atoms with Gasteiger partial charge in [0, 0.05) is 18.6 Å². The third-order valence-electron chi connectivity index (χ3n) is 1.81. The quantitative estimate of drug-likeness (QED) is 0.586. The van der Waals surface area contributed by atoms with Crippen molar-refractivity contribution in [3.8, 4) is 0 Å². The molecule has 0 aliphatic carbocycles. The Morgan fingerprint density at radius 1 is 1.50 bits per heavy atom. The summed E-state index contributed by atoms with van der Waals surface area (Å²) in [5.41, 5.74) is 0.214. The first-order valence-electron chi connectivity index (χ1n) is 5.14. The molecule has 1 aromatic heterocycles. The predicted molar refractivity (Wildman–Crippen MR) is 63.0 cm³/mol. The van der Waals surface area contributed by atoms with Crippen LogP contribution >= 0.6 is 11.8 Å². The number of carboxylic acids is 1. The Balaban J connectivity index is 2.29. The lowest BCUT2D eigenvalue weighted by Crippen LogP contribution is -1.99. The zero-order valence-electron chi connectivity index (χ0n) is 9.18. The smallest absolute Gasteiger partial charge is 0.337 e. The average Bonchev–Trinajstić information content (AvgIpc) is 2.29. The van der Waals surface area contributed by atoms with E-state index in [4.69, 9.17) is 9.84 Å². The lowest BCUT2D eigenvalue weighted by molar-refractivity contribution is 0.0696. The molecule has 0 aromatic carbocycles. The first-order chi connectivity index (χ1) is 7.74. The molecule has 0 atom stereocenters. The molecule has 0 amide bonds. The number of hydrogen-bond donors (Lipinski definition) is 1. The molecule has 1 N–H and O–H groups in total. The van der Waals surface area contributed by atoms with Crippen LogP contribution in [0.4, 0.5) is 0 Å². The zero-order valence-corrected chi connectivity index (χ0v) is 10.00. The highest BCUT2D eigenvalue weighted by Crippen LogP contribution is 2.14. The average molecular weight is 241 g/mol. The van der Waals surface area contributed by atoms with Crippen molar-refractivity contribution in [3.63, 3.8) is 0 Å². The Morgan fingerprint density at radius 2 is 2.31 bits per heavy atom. The third-order valence-corrected chi connectivity index (χ3v) is 2.72.